The van der Waals surface area contributed by atoms with E-state index >= 15 is 0 Å². The molecular formula is C10H7BrO4. The third-order valence-electron chi connectivity index (χ3n) is 1.82. The molecule has 0 atom stereocenters. The summed E-state index contributed by atoms with van der Waals surface area (Å²) in [4.78, 5) is 10.3. The van der Waals surface area contributed by atoms with Crippen LogP contribution in [0.1, 0.15) is 0 Å². The summed E-state index contributed by atoms with van der Waals surface area (Å²) in [5.74, 6) is -0.525. The van der Waals surface area contributed by atoms with Gasteiger partial charge in [-0.1, -0.05) is 0 Å². The quantitative estimate of drug-likeness (QED) is 0.932. The van der Waals surface area contributed by atoms with E-state index in [9.17, 15) is 4.79 Å². The van der Waals surface area contributed by atoms with Crippen molar-refractivity contribution in [2.75, 3.05) is 6.61 Å². The molecule has 2 aromatic rings. The van der Waals surface area contributed by atoms with Crippen LogP contribution in [0.25, 0.3) is 11.0 Å². The lowest BCUT2D eigenvalue weighted by molar-refractivity contribution is -0.139. The summed E-state index contributed by atoms with van der Waals surface area (Å²) in [6.07, 6.45) is 0. The van der Waals surface area contributed by atoms with E-state index in [1.807, 2.05) is 6.07 Å². The van der Waals surface area contributed by atoms with Crippen molar-refractivity contribution in [1.29, 1.82) is 0 Å². The number of aliphatic carboxylic acids is 1. The molecule has 0 saturated carbocycles. The Hall–Kier alpha value is -1.49. The number of carbonyl (C=O) groups is 1. The first kappa shape index (κ1) is 10.0. The second kappa shape index (κ2) is 3.94. The SMILES string of the molecule is O=C(O)COc1ccc2cc(Br)oc2c1. The van der Waals surface area contributed by atoms with Gasteiger partial charge < -0.3 is 14.3 Å². The molecule has 1 aromatic heterocycles. The number of carboxylic acid groups (broad SMARTS) is 1. The summed E-state index contributed by atoms with van der Waals surface area (Å²) >= 11 is 3.21. The van der Waals surface area contributed by atoms with Crippen LogP contribution in [-0.4, -0.2) is 17.7 Å². The molecule has 1 aromatic carbocycles. The number of ether oxygens (including phenoxy) is 1. The van der Waals surface area contributed by atoms with E-state index in [2.05, 4.69) is 15.9 Å². The van der Waals surface area contributed by atoms with Crippen LogP contribution < -0.4 is 4.74 Å². The lowest BCUT2D eigenvalue weighted by Gasteiger charge is -2.01. The lowest BCUT2D eigenvalue weighted by Crippen LogP contribution is -2.09. The van der Waals surface area contributed by atoms with Crippen molar-refractivity contribution in [2.45, 2.75) is 0 Å². The van der Waals surface area contributed by atoms with Crippen molar-refractivity contribution in [2.24, 2.45) is 0 Å². The summed E-state index contributed by atoms with van der Waals surface area (Å²) < 4.78 is 10.9. The molecule has 0 radical (unpaired) electrons. The highest BCUT2D eigenvalue weighted by Gasteiger charge is 2.04. The summed E-state index contributed by atoms with van der Waals surface area (Å²) in [5.41, 5.74) is 0.657. The average Bonchev–Trinajstić information content (AvgIpc) is 2.53. The Morgan fingerprint density at radius 3 is 3.00 bits per heavy atom. The first-order valence-electron chi connectivity index (χ1n) is 4.19. The van der Waals surface area contributed by atoms with Crippen LogP contribution in [0.5, 0.6) is 5.75 Å². The van der Waals surface area contributed by atoms with Crippen molar-refractivity contribution in [3.63, 3.8) is 0 Å². The van der Waals surface area contributed by atoms with Gasteiger partial charge in [0.2, 0.25) is 0 Å². The number of hydrogen-bond acceptors (Lipinski definition) is 3. The number of furan rings is 1. The Morgan fingerprint density at radius 2 is 2.27 bits per heavy atom. The standard InChI is InChI=1S/C10H7BrO4/c11-9-3-6-1-2-7(4-8(6)15-9)14-5-10(12)13/h1-4H,5H2,(H,12,13). The molecule has 1 heterocycles. The highest BCUT2D eigenvalue weighted by molar-refractivity contribution is 9.10. The first-order valence-corrected chi connectivity index (χ1v) is 4.98. The smallest absolute Gasteiger partial charge is 0.341 e. The average molecular weight is 271 g/mol. The van der Waals surface area contributed by atoms with E-state index in [4.69, 9.17) is 14.3 Å². The zero-order valence-corrected chi connectivity index (χ0v) is 9.15. The minimum atomic E-state index is -1.00. The number of halogens is 1. The summed E-state index contributed by atoms with van der Waals surface area (Å²) in [6, 6.07) is 6.99. The maximum atomic E-state index is 10.3. The van der Waals surface area contributed by atoms with Gasteiger partial charge in [-0.2, -0.15) is 0 Å². The Bertz CT molecular complexity index is 503. The normalized spacial score (nSPS) is 10.5. The van der Waals surface area contributed by atoms with Crippen LogP contribution in [0, 0.1) is 0 Å². The molecule has 15 heavy (non-hydrogen) atoms. The van der Waals surface area contributed by atoms with Crippen LogP contribution in [0.15, 0.2) is 33.4 Å². The second-order valence-electron chi connectivity index (χ2n) is 2.93. The zero-order chi connectivity index (χ0) is 10.8. The van der Waals surface area contributed by atoms with E-state index in [-0.39, 0.29) is 6.61 Å². The van der Waals surface area contributed by atoms with Crippen LogP contribution in [-0.2, 0) is 4.79 Å². The van der Waals surface area contributed by atoms with Crippen LogP contribution in [0.2, 0.25) is 0 Å². The molecule has 5 heteroatoms. The molecule has 0 spiro atoms. The fraction of sp³-hybridized carbons (Fsp3) is 0.100. The van der Waals surface area contributed by atoms with E-state index < -0.39 is 5.97 Å². The fourth-order valence-corrected chi connectivity index (χ4v) is 1.63. The van der Waals surface area contributed by atoms with Crippen LogP contribution in [0.3, 0.4) is 0 Å². The summed E-state index contributed by atoms with van der Waals surface area (Å²) in [5, 5.41) is 9.37. The highest BCUT2D eigenvalue weighted by Crippen LogP contribution is 2.26. The van der Waals surface area contributed by atoms with Crippen molar-refractivity contribution in [1.82, 2.24) is 0 Å². The van der Waals surface area contributed by atoms with Crippen molar-refractivity contribution < 1.29 is 19.1 Å². The third-order valence-corrected chi connectivity index (χ3v) is 2.21. The Kier molecular flexibility index (Phi) is 2.64. The van der Waals surface area contributed by atoms with Gasteiger partial charge in [-0.3, -0.25) is 0 Å². The number of benzene rings is 1. The molecule has 0 aliphatic carbocycles. The Labute approximate surface area is 93.6 Å². The molecule has 0 aliphatic rings. The summed E-state index contributed by atoms with van der Waals surface area (Å²) in [7, 11) is 0. The van der Waals surface area contributed by atoms with Gasteiger partial charge in [-0.05, 0) is 34.1 Å². The molecule has 0 saturated heterocycles. The predicted molar refractivity (Wildman–Crippen MR) is 57.0 cm³/mol. The molecular weight excluding hydrogens is 264 g/mol. The van der Waals surface area contributed by atoms with Crippen LogP contribution in [0.4, 0.5) is 0 Å². The van der Waals surface area contributed by atoms with Gasteiger partial charge in [-0.25, -0.2) is 4.79 Å². The van der Waals surface area contributed by atoms with Gasteiger partial charge >= 0.3 is 5.97 Å². The van der Waals surface area contributed by atoms with E-state index in [1.165, 1.54) is 0 Å². The topological polar surface area (TPSA) is 59.7 Å². The molecule has 0 fully saturated rings. The predicted octanol–water partition coefficient (Wildman–Crippen LogP) is 2.66. The number of hydrogen-bond donors (Lipinski definition) is 1. The molecule has 0 aliphatic heterocycles. The molecule has 2 rings (SSSR count). The Morgan fingerprint density at radius 1 is 1.47 bits per heavy atom. The van der Waals surface area contributed by atoms with E-state index in [0.29, 0.717) is 16.0 Å². The third kappa shape index (κ3) is 2.30. The van der Waals surface area contributed by atoms with Gasteiger partial charge in [0.1, 0.15) is 11.3 Å². The second-order valence-corrected chi connectivity index (χ2v) is 3.71. The number of carboxylic acids is 1. The lowest BCUT2D eigenvalue weighted by atomic mass is 10.2. The molecule has 0 unspecified atom stereocenters. The van der Waals surface area contributed by atoms with Crippen LogP contribution >= 0.6 is 15.9 Å². The fourth-order valence-electron chi connectivity index (χ4n) is 1.21. The number of fused-ring (bicyclic) bond motifs is 1. The van der Waals surface area contributed by atoms with Crippen molar-refractivity contribution in [3.05, 3.63) is 28.9 Å². The Balaban J connectivity index is 2.26. The molecule has 0 bridgehead atoms. The maximum absolute atomic E-state index is 10.3. The molecule has 78 valence electrons. The largest absolute Gasteiger partial charge is 0.482 e. The van der Waals surface area contributed by atoms with Crippen molar-refractivity contribution in [3.8, 4) is 5.75 Å². The maximum Gasteiger partial charge on any atom is 0.341 e. The minimum Gasteiger partial charge on any atom is -0.482 e. The van der Waals surface area contributed by atoms with Crippen molar-refractivity contribution >= 4 is 32.9 Å². The number of rotatable bonds is 3. The van der Waals surface area contributed by atoms with Gasteiger partial charge in [-0.15, -0.1) is 0 Å². The molecule has 1 N–H and O–H groups in total. The minimum absolute atomic E-state index is 0.354. The molecule has 0 amide bonds. The monoisotopic (exact) mass is 270 g/mol. The molecule has 4 nitrogen and oxygen atoms in total. The first-order chi connectivity index (χ1) is 7.15. The summed E-state index contributed by atoms with van der Waals surface area (Å²) in [6.45, 7) is -0.354. The van der Waals surface area contributed by atoms with Gasteiger partial charge in [0, 0.05) is 11.5 Å². The van der Waals surface area contributed by atoms with E-state index in [1.54, 1.807) is 18.2 Å². The van der Waals surface area contributed by atoms with E-state index in [0.717, 1.165) is 5.39 Å². The van der Waals surface area contributed by atoms with Gasteiger partial charge in [0.15, 0.2) is 11.3 Å². The zero-order valence-electron chi connectivity index (χ0n) is 7.57. The van der Waals surface area contributed by atoms with Gasteiger partial charge in [0.25, 0.3) is 0 Å². The van der Waals surface area contributed by atoms with Gasteiger partial charge in [0.05, 0.1) is 0 Å². The highest BCUT2D eigenvalue weighted by atomic mass is 79.9.